The quantitative estimate of drug-likeness (QED) is 0.0109. The Bertz CT molecular complexity index is 5940. The summed E-state index contributed by atoms with van der Waals surface area (Å²) in [5, 5.41) is 58.2. The molecule has 0 spiro atoms. The number of thiol groups is 2. The number of hydrogen-bond acceptors (Lipinski definition) is 43. The molecule has 0 aliphatic carbocycles. The molecular weight excluding hydrogens is 2150 g/mol. The van der Waals surface area contributed by atoms with Gasteiger partial charge in [0, 0.05) is 91.4 Å². The molecule has 3 fully saturated rings. The van der Waals surface area contributed by atoms with Crippen molar-refractivity contribution in [2.24, 2.45) is 0 Å². The van der Waals surface area contributed by atoms with Gasteiger partial charge in [-0.2, -0.15) is 66.1 Å². The number of carbonyl (C=O) groups is 7. The number of benzene rings is 3. The van der Waals surface area contributed by atoms with Gasteiger partial charge in [0.05, 0.1) is 38.1 Å². The number of thioether (sulfide) groups is 1. The van der Waals surface area contributed by atoms with Crippen LogP contribution in [0.4, 0.5) is 17.5 Å². The highest BCUT2D eigenvalue weighted by molar-refractivity contribution is 8.76. The highest BCUT2D eigenvalue weighted by Crippen LogP contribution is 2.69. The predicted octanol–water partition coefficient (Wildman–Crippen LogP) is 4.47. The number of carboxylic acid groups (broad SMARTS) is 2. The summed E-state index contributed by atoms with van der Waals surface area (Å²) in [6.07, 6.45) is -6.26. The number of nitrogens with one attached hydrogen (secondary N) is 4. The fourth-order valence-corrected chi connectivity index (χ4v) is 24.2. The minimum Gasteiger partial charge on any atom is -0.480 e. The van der Waals surface area contributed by atoms with Crippen molar-refractivity contribution in [2.45, 2.75) is 151 Å². The normalized spacial score (nSPS) is 21.4. The van der Waals surface area contributed by atoms with Crippen LogP contribution in [0.1, 0.15) is 133 Å². The van der Waals surface area contributed by atoms with Crippen LogP contribution in [-0.4, -0.2) is 234 Å². The molecule has 0 radical (unpaired) electrons. The first-order chi connectivity index (χ1) is 64.0. The van der Waals surface area contributed by atoms with Crippen molar-refractivity contribution in [1.29, 1.82) is 0 Å². The van der Waals surface area contributed by atoms with E-state index in [4.69, 9.17) is 59.3 Å². The average Bonchev–Trinajstić information content (AvgIpc) is 1.62. The van der Waals surface area contributed by atoms with Crippen LogP contribution >= 0.6 is 129 Å². The molecule has 3 aromatic heterocycles. The van der Waals surface area contributed by atoms with Gasteiger partial charge in [-0.25, -0.2) is 65.1 Å². The number of carbonyl (C=O) groups excluding carboxylic acids is 5. The summed E-state index contributed by atoms with van der Waals surface area (Å²) >= 11 is 9.51. The second-order valence-electron chi connectivity index (χ2n) is 27.9. The Labute approximate surface area is 807 Å². The van der Waals surface area contributed by atoms with Crippen LogP contribution in [0.5, 0.6) is 0 Å². The molecule has 776 valence electrons. The summed E-state index contributed by atoms with van der Waals surface area (Å²) in [5.41, 5.74) is 6.88. The Morgan fingerprint density at radius 2 is 0.842 bits per heavy atom. The van der Waals surface area contributed by atoms with E-state index in [0.29, 0.717) is 64.5 Å². The van der Waals surface area contributed by atoms with Crippen LogP contribution in [0.15, 0.2) is 124 Å². The van der Waals surface area contributed by atoms with Crippen LogP contribution in [0, 0.1) is 0 Å². The maximum Gasteiger partial charge on any atom is 0.490 e. The molecule has 7 heterocycles. The number of fused-ring (bicyclic) bond motifs is 1. The second-order valence-corrected chi connectivity index (χ2v) is 45.4. The van der Waals surface area contributed by atoms with Crippen molar-refractivity contribution in [1.82, 2.24) is 39.3 Å². The van der Waals surface area contributed by atoms with E-state index >= 15 is 0 Å². The van der Waals surface area contributed by atoms with Crippen LogP contribution < -0.4 is 44.1 Å². The van der Waals surface area contributed by atoms with Crippen LogP contribution in [-0.2, 0) is 131 Å². The third-order valence-electron chi connectivity index (χ3n) is 17.3. The zero-order valence-corrected chi connectivity index (χ0v) is 82.8. The zero-order chi connectivity index (χ0) is 103. The number of ether oxygens (including phenoxy) is 3. The number of nitrogens with two attached hydrogens (primary N) is 1. The van der Waals surface area contributed by atoms with Crippen LogP contribution in [0.2, 0.25) is 0 Å². The first-order valence-corrected chi connectivity index (χ1v) is 56.7. The third kappa shape index (κ3) is 44.0. The van der Waals surface area contributed by atoms with Gasteiger partial charge in [0.15, 0.2) is 0 Å². The Kier molecular flexibility index (Phi) is 48.6. The number of aliphatic carboxylic acids is 2. The topological polar surface area (TPSA) is 907 Å². The van der Waals surface area contributed by atoms with Gasteiger partial charge in [0.25, 0.3) is 11.8 Å². The molecule has 3 aromatic carbocycles. The van der Waals surface area contributed by atoms with E-state index in [1.807, 2.05) is 24.3 Å². The van der Waals surface area contributed by atoms with E-state index in [-0.39, 0.29) is 61.6 Å². The number of rotatable bonds is 43. The van der Waals surface area contributed by atoms with Gasteiger partial charge in [0.2, 0.25) is 16.9 Å². The zero-order valence-electron chi connectivity index (χ0n) is 70.5. The molecule has 73 heteroatoms. The molecule has 4 amide bonds. The summed E-state index contributed by atoms with van der Waals surface area (Å²) in [7, 11) is -47.1. The molecule has 59 nitrogen and oxygen atoms in total. The minimum atomic E-state index is -5.75. The van der Waals surface area contributed by atoms with Crippen molar-refractivity contribution in [3.05, 3.63) is 174 Å². The van der Waals surface area contributed by atoms with Gasteiger partial charge >= 0.3 is 99.4 Å². The van der Waals surface area contributed by atoms with Crippen molar-refractivity contribution in [3.8, 4) is 0 Å². The molecule has 17 atom stereocenters. The van der Waals surface area contributed by atoms with E-state index < -0.39 is 204 Å². The first-order valence-electron chi connectivity index (χ1n) is 38.3. The summed E-state index contributed by atoms with van der Waals surface area (Å²) in [6.45, 7) is -0.136. The first kappa shape index (κ1) is 123. The number of phosphoric acid groups is 9. The predicted molar refractivity (Wildman–Crippen MR) is 490 cm³/mol. The van der Waals surface area contributed by atoms with Gasteiger partial charge in [-0.3, -0.25) is 51.2 Å². The SMILES string of the molecule is C.CC(=O)NC(CCCS)C(=O)O.CC(=O)NC(CCCSSCc1ccccc1C(=O)Nc1ccn(C2CC(O)C(COP(=O)(O)OP(=O)(O)OP(=O)(O)O)O2)c(=O)n1)C(=O)O.Nc1ccn(C2CC(O)C(COP(=O)(O)OP(=O)(O)OP(=O)(O)O)O2)c(=O)n1.O=C(Nc1ccn(C2CC(O)C(COP(=O)(O)OP(=O)(O)OP(=O)(O)O)O2)c(=O)n1)c1ccccc1CS.O=C1SCc2ccccc21. The Balaban J connectivity index is 0.000000337. The Morgan fingerprint density at radius 3 is 1.19 bits per heavy atom. The third-order valence-corrected chi connectivity index (χ3v) is 32.7. The summed E-state index contributed by atoms with van der Waals surface area (Å²) < 4.78 is 156. The summed E-state index contributed by atoms with van der Waals surface area (Å²) in [6, 6.07) is 23.4. The minimum absolute atomic E-state index is 0. The largest absolute Gasteiger partial charge is 0.490 e. The molecule has 3 saturated heterocycles. The van der Waals surface area contributed by atoms with Gasteiger partial charge < -0.3 is 125 Å². The number of hydrogen-bond donors (Lipinski definition) is 24. The number of aliphatic hydroxyl groups is 3. The van der Waals surface area contributed by atoms with Crippen molar-refractivity contribution in [2.75, 3.05) is 47.7 Å². The van der Waals surface area contributed by atoms with Crippen LogP contribution in [0.3, 0.4) is 0 Å². The number of phosphoric ester groups is 3. The van der Waals surface area contributed by atoms with Gasteiger partial charge in [-0.1, -0.05) is 101 Å². The maximum atomic E-state index is 13.1. The molecule has 23 N–H and O–H groups in total. The van der Waals surface area contributed by atoms with E-state index in [9.17, 15) is 134 Å². The van der Waals surface area contributed by atoms with Gasteiger partial charge in [-0.15, -0.1) is 0 Å². The van der Waals surface area contributed by atoms with Crippen molar-refractivity contribution < 1.29 is 213 Å². The monoisotopic (exact) mass is 2250 g/mol. The summed E-state index contributed by atoms with van der Waals surface area (Å²) in [5.74, 6) is -1.33. The molecule has 4 aliphatic rings. The number of anilines is 3. The maximum absolute atomic E-state index is 13.1. The van der Waals surface area contributed by atoms with E-state index in [0.717, 1.165) is 25.0 Å². The Hall–Kier alpha value is -6.67. The molecular formula is C66H94N11O48P9S5. The average molecular weight is 2250 g/mol. The number of amides is 4. The second kappa shape index (κ2) is 55.0. The molecule has 139 heavy (non-hydrogen) atoms. The lowest BCUT2D eigenvalue weighted by Gasteiger charge is -2.19. The van der Waals surface area contributed by atoms with E-state index in [1.54, 1.807) is 48.5 Å². The van der Waals surface area contributed by atoms with E-state index in [1.165, 1.54) is 89.6 Å². The van der Waals surface area contributed by atoms with Gasteiger partial charge in [-0.05, 0) is 78.5 Å². The smallest absolute Gasteiger partial charge is 0.480 e. The van der Waals surface area contributed by atoms with Crippen LogP contribution in [0.25, 0.3) is 0 Å². The molecule has 6 aromatic rings. The number of aliphatic hydroxyl groups excluding tert-OH is 3. The number of nitrogens with zero attached hydrogens (tertiary/aromatic N) is 6. The van der Waals surface area contributed by atoms with Crippen molar-refractivity contribution >= 4 is 187 Å². The summed E-state index contributed by atoms with van der Waals surface area (Å²) in [4.78, 5) is 235. The number of aromatic nitrogens is 6. The number of carboxylic acids is 2. The fourth-order valence-electron chi connectivity index (χ4n) is 11.6. The van der Waals surface area contributed by atoms with E-state index in [2.05, 4.69) is 101 Å². The highest BCUT2D eigenvalue weighted by Gasteiger charge is 2.47. The fraction of sp³-hybridized carbons (Fsp3) is 0.439. The highest BCUT2D eigenvalue weighted by atomic mass is 33.1. The molecule has 4 aliphatic heterocycles. The van der Waals surface area contributed by atoms with Crippen molar-refractivity contribution in [3.63, 3.8) is 0 Å². The lowest BCUT2D eigenvalue weighted by molar-refractivity contribution is -0.142. The molecule has 10 rings (SSSR count). The van der Waals surface area contributed by atoms with Gasteiger partial charge in [0.1, 0.15) is 66.5 Å². The molecule has 0 saturated carbocycles. The molecule has 0 bridgehead atoms. The number of nitrogen functional groups attached to an aromatic ring is 1. The standard InChI is InChI=1S/C24H33N4O17P3S2.C17H22N3O14P3S.C9H16N3O13P3.C8H6OS.C7H13NO3S.CH4/c1-14(29)25-17(23(32)33)7-4-10-49-50-13-15-5-2-3-6-16(15)22(31)26-20-8-9-28(24(34)27-20)21-11-18(30)19(43-21)12-42-47(38,39)45-48(40,41)44-46(35,36)37;21-12-7-15(32-13(12)8-31-36(27,28)34-37(29,30)33-35(24,25)26)20-6-5-14(19-17(20)23)18-16(22)11-4-2-1-3-10(11)9-38;10-7-1-2-12(9(14)11-7)8-3-5(13)6(23-8)4-22-27(18,19)25-28(20,21)24-26(15,16)17;9-8-7-4-2-1-3-6(7)5-10-8;1-5(9)8-6(7(10)11)3-2-4-12;/h2-3,5-6,8-9,17-19,21,30H,4,7,10-13H2,1H3,(H,25,29)(H,32,33)(H,38,39)(H,40,41)(H2,35,36,37)(H,26,27,31,34);1-6,12-13,15,21,38H,7-9H2,(H,27,28)(H,29,30)(H2,24,25,26)(H,18,19,22,23);1-2,5-6,8,13H,3-4H2,(H,18,19)(H,20,21)(H2,10,11,14)(H2,15,16,17);1-4H,5H2;6,12H,2-4H2,1H3,(H,8,9)(H,10,11);1H4. The molecule has 17 unspecified atom stereocenters. The lowest BCUT2D eigenvalue weighted by atomic mass is 10.1. The lowest BCUT2D eigenvalue weighted by Crippen LogP contribution is -2.39. The Morgan fingerprint density at radius 1 is 0.489 bits per heavy atom.